The van der Waals surface area contributed by atoms with Gasteiger partial charge in [-0.15, -0.1) is 0 Å². The summed E-state index contributed by atoms with van der Waals surface area (Å²) < 4.78 is 6.72. The van der Waals surface area contributed by atoms with Gasteiger partial charge in [0, 0.05) is 10.5 Å². The Balaban J connectivity index is 2.01. The van der Waals surface area contributed by atoms with E-state index in [-0.39, 0.29) is 12.1 Å². The van der Waals surface area contributed by atoms with Crippen molar-refractivity contribution < 1.29 is 4.74 Å². The average molecular weight is 334 g/mol. The molecule has 0 aliphatic rings. The van der Waals surface area contributed by atoms with E-state index >= 15 is 0 Å². The molecule has 20 heavy (non-hydrogen) atoms. The molecule has 0 bridgehead atoms. The molecule has 1 unspecified atom stereocenters. The highest BCUT2D eigenvalue weighted by molar-refractivity contribution is 9.10. The predicted octanol–water partition coefficient (Wildman–Crippen LogP) is 4.48. The van der Waals surface area contributed by atoms with Crippen molar-refractivity contribution in [3.63, 3.8) is 0 Å². The van der Waals surface area contributed by atoms with Gasteiger partial charge in [0.2, 0.25) is 0 Å². The third-order valence-electron chi connectivity index (χ3n) is 3.05. The van der Waals surface area contributed by atoms with Crippen molar-refractivity contribution in [1.29, 1.82) is 0 Å². The van der Waals surface area contributed by atoms with Crippen LogP contribution in [0.3, 0.4) is 0 Å². The van der Waals surface area contributed by atoms with Crippen molar-refractivity contribution >= 4 is 15.9 Å². The Kier molecular flexibility index (Phi) is 5.21. The molecule has 2 aromatic rings. The van der Waals surface area contributed by atoms with E-state index in [9.17, 15) is 0 Å². The molecule has 0 aliphatic carbocycles. The minimum atomic E-state index is 0.00396. The van der Waals surface area contributed by atoms with Crippen LogP contribution in [0.15, 0.2) is 53.0 Å². The van der Waals surface area contributed by atoms with Gasteiger partial charge >= 0.3 is 0 Å². The van der Waals surface area contributed by atoms with Crippen LogP contribution in [0.5, 0.6) is 5.75 Å². The minimum Gasteiger partial charge on any atom is -0.491 e. The Morgan fingerprint density at radius 1 is 1.00 bits per heavy atom. The predicted molar refractivity (Wildman–Crippen MR) is 87.0 cm³/mol. The minimum absolute atomic E-state index is 0.00396. The van der Waals surface area contributed by atoms with E-state index in [1.807, 2.05) is 50.2 Å². The lowest BCUT2D eigenvalue weighted by atomic mass is 10.00. The Morgan fingerprint density at radius 2 is 1.60 bits per heavy atom. The van der Waals surface area contributed by atoms with Gasteiger partial charge in [-0.1, -0.05) is 40.2 Å². The maximum atomic E-state index is 6.26. The van der Waals surface area contributed by atoms with Gasteiger partial charge in [-0.3, -0.25) is 0 Å². The molecule has 0 aromatic heterocycles. The number of rotatable bonds is 5. The highest BCUT2D eigenvalue weighted by Gasteiger charge is 2.08. The molecular weight excluding hydrogens is 314 g/mol. The lowest BCUT2D eigenvalue weighted by molar-refractivity contribution is 0.242. The summed E-state index contributed by atoms with van der Waals surface area (Å²) in [6.07, 6.45) is 1.02. The molecule has 2 rings (SSSR count). The number of hydrogen-bond donors (Lipinski definition) is 1. The lowest BCUT2D eigenvalue weighted by Crippen LogP contribution is -2.13. The zero-order valence-electron chi connectivity index (χ0n) is 11.8. The molecule has 0 fully saturated rings. The van der Waals surface area contributed by atoms with Crippen LogP contribution in [0.4, 0.5) is 0 Å². The molecule has 2 N–H and O–H groups in total. The smallest absolute Gasteiger partial charge is 0.119 e. The quantitative estimate of drug-likeness (QED) is 0.875. The van der Waals surface area contributed by atoms with Crippen molar-refractivity contribution in [2.24, 2.45) is 5.73 Å². The van der Waals surface area contributed by atoms with Gasteiger partial charge < -0.3 is 10.5 Å². The fourth-order valence-corrected chi connectivity index (χ4v) is 2.32. The van der Waals surface area contributed by atoms with E-state index in [1.54, 1.807) is 0 Å². The number of halogens is 1. The van der Waals surface area contributed by atoms with Gasteiger partial charge in [-0.05, 0) is 55.7 Å². The number of hydrogen-bond acceptors (Lipinski definition) is 2. The third-order valence-corrected chi connectivity index (χ3v) is 3.58. The largest absolute Gasteiger partial charge is 0.491 e. The second-order valence-electron chi connectivity index (χ2n) is 5.17. The van der Waals surface area contributed by atoms with Crippen LogP contribution in [0.1, 0.15) is 31.0 Å². The van der Waals surface area contributed by atoms with Crippen LogP contribution in [0.25, 0.3) is 0 Å². The Bertz CT molecular complexity index is 534. The second kappa shape index (κ2) is 6.91. The summed E-state index contributed by atoms with van der Waals surface area (Å²) in [6.45, 7) is 4.04. The highest BCUT2D eigenvalue weighted by atomic mass is 79.9. The fourth-order valence-electron chi connectivity index (χ4n) is 2.06. The van der Waals surface area contributed by atoms with E-state index in [1.165, 1.54) is 5.56 Å². The summed E-state index contributed by atoms with van der Waals surface area (Å²) in [5.41, 5.74) is 8.63. The maximum absolute atomic E-state index is 6.26. The Morgan fingerprint density at radius 3 is 2.15 bits per heavy atom. The van der Waals surface area contributed by atoms with Gasteiger partial charge in [-0.2, -0.15) is 0 Å². The van der Waals surface area contributed by atoms with Crippen LogP contribution in [0.2, 0.25) is 0 Å². The summed E-state index contributed by atoms with van der Waals surface area (Å²) in [4.78, 5) is 0. The Hall–Kier alpha value is -1.32. The van der Waals surface area contributed by atoms with E-state index < -0.39 is 0 Å². The molecule has 0 saturated carbocycles. The van der Waals surface area contributed by atoms with Crippen molar-refractivity contribution in [2.75, 3.05) is 0 Å². The third kappa shape index (κ3) is 4.36. The first-order valence-electron chi connectivity index (χ1n) is 6.81. The standard InChI is InChI=1S/C17H20BrNO/c1-12(2)20-16-9-5-14(6-10-16)17(19)11-13-3-7-15(18)8-4-13/h3-10,12,17H,11,19H2,1-2H3. The van der Waals surface area contributed by atoms with Gasteiger partial charge in [-0.25, -0.2) is 0 Å². The van der Waals surface area contributed by atoms with Gasteiger partial charge in [0.1, 0.15) is 5.75 Å². The normalized spacial score (nSPS) is 12.4. The van der Waals surface area contributed by atoms with Crippen LogP contribution < -0.4 is 10.5 Å². The lowest BCUT2D eigenvalue weighted by Gasteiger charge is -2.14. The highest BCUT2D eigenvalue weighted by Crippen LogP contribution is 2.21. The van der Waals surface area contributed by atoms with E-state index in [0.717, 1.165) is 22.2 Å². The van der Waals surface area contributed by atoms with Gasteiger partial charge in [0.05, 0.1) is 6.10 Å². The van der Waals surface area contributed by atoms with E-state index in [4.69, 9.17) is 10.5 Å². The van der Waals surface area contributed by atoms with Crippen LogP contribution in [-0.2, 0) is 6.42 Å². The molecule has 106 valence electrons. The average Bonchev–Trinajstić information content (AvgIpc) is 2.41. The SMILES string of the molecule is CC(C)Oc1ccc(C(N)Cc2ccc(Br)cc2)cc1. The summed E-state index contributed by atoms with van der Waals surface area (Å²) in [5.74, 6) is 0.889. The van der Waals surface area contributed by atoms with Crippen molar-refractivity contribution in [1.82, 2.24) is 0 Å². The van der Waals surface area contributed by atoms with Crippen molar-refractivity contribution in [3.8, 4) is 5.75 Å². The van der Waals surface area contributed by atoms with Crippen molar-refractivity contribution in [3.05, 3.63) is 64.1 Å². The molecular formula is C17H20BrNO. The zero-order chi connectivity index (χ0) is 14.5. The fraction of sp³-hybridized carbons (Fsp3) is 0.294. The number of ether oxygens (including phenoxy) is 1. The first-order chi connectivity index (χ1) is 9.54. The topological polar surface area (TPSA) is 35.2 Å². The number of nitrogens with two attached hydrogens (primary N) is 1. The number of benzene rings is 2. The van der Waals surface area contributed by atoms with Crippen LogP contribution >= 0.6 is 15.9 Å². The van der Waals surface area contributed by atoms with Crippen LogP contribution in [0, 0.1) is 0 Å². The Labute approximate surface area is 129 Å². The molecule has 0 spiro atoms. The van der Waals surface area contributed by atoms with E-state index in [0.29, 0.717) is 0 Å². The monoisotopic (exact) mass is 333 g/mol. The zero-order valence-corrected chi connectivity index (χ0v) is 13.4. The molecule has 0 amide bonds. The molecule has 0 heterocycles. The van der Waals surface area contributed by atoms with E-state index in [2.05, 4.69) is 28.1 Å². The molecule has 2 nitrogen and oxygen atoms in total. The first kappa shape index (κ1) is 15.1. The maximum Gasteiger partial charge on any atom is 0.119 e. The first-order valence-corrected chi connectivity index (χ1v) is 7.60. The molecule has 2 aromatic carbocycles. The molecule has 0 aliphatic heterocycles. The van der Waals surface area contributed by atoms with Gasteiger partial charge in [0.25, 0.3) is 0 Å². The van der Waals surface area contributed by atoms with Crippen molar-refractivity contribution in [2.45, 2.75) is 32.4 Å². The summed E-state index contributed by atoms with van der Waals surface area (Å²) in [5, 5.41) is 0. The van der Waals surface area contributed by atoms with Crippen LogP contribution in [-0.4, -0.2) is 6.10 Å². The second-order valence-corrected chi connectivity index (χ2v) is 6.09. The van der Waals surface area contributed by atoms with Gasteiger partial charge in [0.15, 0.2) is 0 Å². The molecule has 1 atom stereocenters. The summed E-state index contributed by atoms with van der Waals surface area (Å²) in [7, 11) is 0. The molecule has 3 heteroatoms. The molecule has 0 saturated heterocycles. The summed E-state index contributed by atoms with van der Waals surface area (Å²) in [6, 6.07) is 16.3. The molecule has 0 radical (unpaired) electrons. The summed E-state index contributed by atoms with van der Waals surface area (Å²) >= 11 is 3.44.